The third-order valence-electron chi connectivity index (χ3n) is 5.82. The summed E-state index contributed by atoms with van der Waals surface area (Å²) in [7, 11) is -3.16. The summed E-state index contributed by atoms with van der Waals surface area (Å²) in [6.45, 7) is 4.98. The fraction of sp³-hybridized carbons (Fsp3) is 0.619. The Labute approximate surface area is 184 Å². The van der Waals surface area contributed by atoms with Gasteiger partial charge in [0.15, 0.2) is 4.77 Å². The van der Waals surface area contributed by atoms with Gasteiger partial charge in [-0.2, -0.15) is 5.10 Å². The minimum atomic E-state index is -3.16. The Morgan fingerprint density at radius 3 is 2.47 bits per heavy atom. The maximum atomic E-state index is 12.0. The summed E-state index contributed by atoms with van der Waals surface area (Å²) >= 11 is 5.80. The molecule has 2 aliphatic rings. The molecule has 0 radical (unpaired) electrons. The zero-order valence-corrected chi connectivity index (χ0v) is 19.2. The standard InChI is InChI=1S/C21H31N5O2S2/c1-2-14-30(27,28)23-19-10-12-24(13-11-19)16-26-21(29)25(20(22-26)18-8-9-18)15-17-6-4-3-5-7-17/h3-7,18-19,23H,2,8-16H2,1H3. The summed E-state index contributed by atoms with van der Waals surface area (Å²) < 4.78 is 31.8. The molecule has 2 aromatic rings. The maximum Gasteiger partial charge on any atom is 0.211 e. The molecule has 0 atom stereocenters. The number of aromatic nitrogens is 3. The quantitative estimate of drug-likeness (QED) is 0.596. The van der Waals surface area contributed by atoms with Crippen molar-refractivity contribution in [2.45, 2.75) is 64.2 Å². The average molecular weight is 450 g/mol. The van der Waals surface area contributed by atoms with E-state index in [4.69, 9.17) is 17.3 Å². The van der Waals surface area contributed by atoms with Gasteiger partial charge in [0.1, 0.15) is 5.82 Å². The molecule has 1 aliphatic carbocycles. The van der Waals surface area contributed by atoms with Crippen molar-refractivity contribution < 1.29 is 8.42 Å². The van der Waals surface area contributed by atoms with Crippen molar-refractivity contribution in [2.75, 3.05) is 18.8 Å². The average Bonchev–Trinajstić information content (AvgIpc) is 3.52. The number of piperidine rings is 1. The van der Waals surface area contributed by atoms with Crippen LogP contribution in [-0.4, -0.2) is 52.5 Å². The van der Waals surface area contributed by atoms with Crippen LogP contribution in [0.3, 0.4) is 0 Å². The molecule has 1 saturated carbocycles. The smallest absolute Gasteiger partial charge is 0.211 e. The molecule has 164 valence electrons. The molecule has 9 heteroatoms. The molecule has 1 aromatic carbocycles. The topological polar surface area (TPSA) is 72.2 Å². The molecule has 1 saturated heterocycles. The van der Waals surface area contributed by atoms with Gasteiger partial charge in [-0.25, -0.2) is 17.8 Å². The van der Waals surface area contributed by atoms with Crippen LogP contribution in [0.15, 0.2) is 30.3 Å². The highest BCUT2D eigenvalue weighted by atomic mass is 32.2. The molecule has 1 aliphatic heterocycles. The third-order valence-corrected chi connectivity index (χ3v) is 7.89. The maximum absolute atomic E-state index is 12.0. The highest BCUT2D eigenvalue weighted by Crippen LogP contribution is 2.39. The molecule has 0 unspecified atom stereocenters. The molecule has 0 amide bonds. The minimum absolute atomic E-state index is 0.0310. The highest BCUT2D eigenvalue weighted by molar-refractivity contribution is 7.89. The van der Waals surface area contributed by atoms with E-state index in [9.17, 15) is 8.42 Å². The Bertz CT molecular complexity index is 1000. The van der Waals surface area contributed by atoms with Crippen LogP contribution in [0.1, 0.15) is 56.3 Å². The van der Waals surface area contributed by atoms with Crippen LogP contribution < -0.4 is 4.72 Å². The normalized spacial score (nSPS) is 18.7. The van der Waals surface area contributed by atoms with Crippen molar-refractivity contribution in [3.63, 3.8) is 0 Å². The van der Waals surface area contributed by atoms with Gasteiger partial charge >= 0.3 is 0 Å². The number of benzene rings is 1. The van der Waals surface area contributed by atoms with Gasteiger partial charge in [-0.1, -0.05) is 37.3 Å². The molecule has 30 heavy (non-hydrogen) atoms. The van der Waals surface area contributed by atoms with E-state index in [1.165, 1.54) is 18.4 Å². The monoisotopic (exact) mass is 449 g/mol. The first-order valence-electron chi connectivity index (χ1n) is 10.9. The number of nitrogens with zero attached hydrogens (tertiary/aromatic N) is 4. The van der Waals surface area contributed by atoms with Crippen molar-refractivity contribution in [1.29, 1.82) is 0 Å². The number of nitrogens with one attached hydrogen (secondary N) is 1. The first kappa shape index (κ1) is 21.7. The van der Waals surface area contributed by atoms with Gasteiger partial charge in [0.2, 0.25) is 10.0 Å². The van der Waals surface area contributed by atoms with Gasteiger partial charge in [-0.05, 0) is 49.9 Å². The third kappa shape index (κ3) is 5.38. The van der Waals surface area contributed by atoms with Crippen LogP contribution in [-0.2, 0) is 23.2 Å². The Balaban J connectivity index is 1.41. The second-order valence-electron chi connectivity index (χ2n) is 8.46. The zero-order chi connectivity index (χ0) is 21.1. The first-order valence-corrected chi connectivity index (χ1v) is 12.9. The molecule has 2 fully saturated rings. The molecule has 0 spiro atoms. The minimum Gasteiger partial charge on any atom is -0.299 e. The van der Waals surface area contributed by atoms with Crippen molar-refractivity contribution in [3.8, 4) is 0 Å². The lowest BCUT2D eigenvalue weighted by atomic mass is 10.1. The lowest BCUT2D eigenvalue weighted by Crippen LogP contribution is -2.45. The van der Waals surface area contributed by atoms with E-state index in [0.29, 0.717) is 19.0 Å². The number of likely N-dealkylation sites (tertiary alicyclic amines) is 1. The van der Waals surface area contributed by atoms with Crippen molar-refractivity contribution >= 4 is 22.2 Å². The Hall–Kier alpha value is -1.55. The van der Waals surface area contributed by atoms with Crippen LogP contribution >= 0.6 is 12.2 Å². The van der Waals surface area contributed by atoms with Gasteiger partial charge < -0.3 is 0 Å². The summed E-state index contributed by atoms with van der Waals surface area (Å²) in [6.07, 6.45) is 4.64. The van der Waals surface area contributed by atoms with Crippen LogP contribution in [0.5, 0.6) is 0 Å². The van der Waals surface area contributed by atoms with Crippen molar-refractivity contribution in [3.05, 3.63) is 46.5 Å². The van der Waals surface area contributed by atoms with Crippen molar-refractivity contribution in [1.82, 2.24) is 24.0 Å². The van der Waals surface area contributed by atoms with Gasteiger partial charge in [0.05, 0.1) is 19.0 Å². The number of hydrogen-bond acceptors (Lipinski definition) is 5. The molecule has 1 N–H and O–H groups in total. The van der Waals surface area contributed by atoms with Crippen molar-refractivity contribution in [2.24, 2.45) is 0 Å². The van der Waals surface area contributed by atoms with Gasteiger partial charge in [0.25, 0.3) is 0 Å². The lowest BCUT2D eigenvalue weighted by molar-refractivity contribution is 0.157. The SMILES string of the molecule is CCCS(=O)(=O)NC1CCN(Cn2nc(C3CC3)n(Cc3ccccc3)c2=S)CC1. The van der Waals surface area contributed by atoms with Crippen LogP contribution in [0.25, 0.3) is 0 Å². The summed E-state index contributed by atoms with van der Waals surface area (Å²) in [4.78, 5) is 2.32. The van der Waals surface area contributed by atoms with E-state index in [2.05, 4.69) is 38.5 Å². The predicted octanol–water partition coefficient (Wildman–Crippen LogP) is 3.09. The molecule has 2 heterocycles. The Morgan fingerprint density at radius 2 is 1.83 bits per heavy atom. The summed E-state index contributed by atoms with van der Waals surface area (Å²) in [5, 5.41) is 4.89. The zero-order valence-electron chi connectivity index (χ0n) is 17.5. The molecule has 7 nitrogen and oxygen atoms in total. The fourth-order valence-corrected chi connectivity index (χ4v) is 5.73. The number of hydrogen-bond donors (Lipinski definition) is 1. The predicted molar refractivity (Wildman–Crippen MR) is 120 cm³/mol. The number of sulfonamides is 1. The molecule has 0 bridgehead atoms. The Kier molecular flexibility index (Phi) is 6.72. The molecule has 1 aromatic heterocycles. The van der Waals surface area contributed by atoms with E-state index in [-0.39, 0.29) is 11.8 Å². The van der Waals surface area contributed by atoms with E-state index < -0.39 is 10.0 Å². The molecular formula is C21H31N5O2S2. The van der Waals surface area contributed by atoms with Gasteiger partial charge in [0, 0.05) is 25.0 Å². The van der Waals surface area contributed by atoms with Crippen LogP contribution in [0.2, 0.25) is 0 Å². The summed E-state index contributed by atoms with van der Waals surface area (Å²) in [5.74, 6) is 1.83. The van der Waals surface area contributed by atoms with E-state index in [0.717, 1.165) is 43.1 Å². The van der Waals surface area contributed by atoms with E-state index in [1.54, 1.807) is 0 Å². The first-order chi connectivity index (χ1) is 14.4. The summed E-state index contributed by atoms with van der Waals surface area (Å²) in [5.41, 5.74) is 1.23. The fourth-order valence-electron chi connectivity index (χ4n) is 4.07. The molecular weight excluding hydrogens is 418 g/mol. The van der Waals surface area contributed by atoms with E-state index in [1.807, 2.05) is 17.7 Å². The van der Waals surface area contributed by atoms with Gasteiger partial charge in [-0.15, -0.1) is 0 Å². The number of rotatable bonds is 9. The second-order valence-corrected chi connectivity index (χ2v) is 10.7. The second kappa shape index (κ2) is 9.30. The largest absolute Gasteiger partial charge is 0.299 e. The van der Waals surface area contributed by atoms with Gasteiger partial charge in [-0.3, -0.25) is 9.47 Å². The van der Waals surface area contributed by atoms with Crippen LogP contribution in [0.4, 0.5) is 0 Å². The summed E-state index contributed by atoms with van der Waals surface area (Å²) in [6, 6.07) is 10.4. The van der Waals surface area contributed by atoms with Crippen LogP contribution in [0, 0.1) is 4.77 Å². The highest BCUT2D eigenvalue weighted by Gasteiger charge is 2.31. The van der Waals surface area contributed by atoms with E-state index >= 15 is 0 Å². The molecule has 4 rings (SSSR count). The Morgan fingerprint density at radius 1 is 1.13 bits per heavy atom. The lowest BCUT2D eigenvalue weighted by Gasteiger charge is -2.31.